The zero-order valence-electron chi connectivity index (χ0n) is 11.2. The highest BCUT2D eigenvalue weighted by molar-refractivity contribution is 5.85. The zero-order chi connectivity index (χ0) is 12.2. The molecule has 1 saturated heterocycles. The van der Waals surface area contributed by atoms with Gasteiger partial charge in [0.2, 0.25) is 5.91 Å². The predicted molar refractivity (Wildman–Crippen MR) is 73.4 cm³/mol. The van der Waals surface area contributed by atoms with Gasteiger partial charge in [-0.15, -0.1) is 12.4 Å². The molecule has 1 heterocycles. The molecule has 17 heavy (non-hydrogen) atoms. The molecule has 4 nitrogen and oxygen atoms in total. The summed E-state index contributed by atoms with van der Waals surface area (Å²) in [6.07, 6.45) is 3.23. The van der Waals surface area contributed by atoms with Gasteiger partial charge in [-0.25, -0.2) is 0 Å². The van der Waals surface area contributed by atoms with Gasteiger partial charge >= 0.3 is 0 Å². The fraction of sp³-hybridized carbons (Fsp3) is 0.917. The molecular formula is C12H26ClN3O. The van der Waals surface area contributed by atoms with Gasteiger partial charge in [0.1, 0.15) is 0 Å². The lowest BCUT2D eigenvalue weighted by atomic mass is 10.0. The highest BCUT2D eigenvalue weighted by Crippen LogP contribution is 2.15. The molecule has 0 radical (unpaired) electrons. The normalized spacial score (nSPS) is 21.1. The Kier molecular flexibility index (Phi) is 7.05. The minimum Gasteiger partial charge on any atom is -0.350 e. The molecule has 1 unspecified atom stereocenters. The number of halogens is 1. The second-order valence-electron chi connectivity index (χ2n) is 5.29. The van der Waals surface area contributed by atoms with E-state index >= 15 is 0 Å². The number of carbonyl (C=O) groups is 1. The fourth-order valence-corrected chi connectivity index (χ4v) is 2.06. The van der Waals surface area contributed by atoms with Crippen molar-refractivity contribution in [2.24, 2.45) is 5.73 Å². The number of nitrogens with two attached hydrogens (primary N) is 1. The van der Waals surface area contributed by atoms with Gasteiger partial charge in [0.05, 0.1) is 6.54 Å². The van der Waals surface area contributed by atoms with Crippen LogP contribution in [-0.2, 0) is 4.79 Å². The number of nitrogens with zero attached hydrogens (tertiary/aromatic N) is 1. The van der Waals surface area contributed by atoms with Crippen molar-refractivity contribution in [2.75, 3.05) is 19.6 Å². The molecule has 1 aliphatic heterocycles. The van der Waals surface area contributed by atoms with Crippen LogP contribution in [-0.4, -0.2) is 42.0 Å². The second-order valence-corrected chi connectivity index (χ2v) is 5.29. The van der Waals surface area contributed by atoms with Crippen LogP contribution in [0.25, 0.3) is 0 Å². The van der Waals surface area contributed by atoms with Crippen LogP contribution in [0.2, 0.25) is 0 Å². The summed E-state index contributed by atoms with van der Waals surface area (Å²) in [5.74, 6) is 0.118. The number of hydrogen-bond donors (Lipinski definition) is 2. The van der Waals surface area contributed by atoms with Crippen molar-refractivity contribution in [2.45, 2.75) is 51.6 Å². The van der Waals surface area contributed by atoms with E-state index in [1.54, 1.807) is 0 Å². The Morgan fingerprint density at radius 2 is 2.18 bits per heavy atom. The number of likely N-dealkylation sites (tertiary alicyclic amines) is 1. The first kappa shape index (κ1) is 16.7. The molecule has 0 aromatic heterocycles. The van der Waals surface area contributed by atoms with Gasteiger partial charge in [0.25, 0.3) is 0 Å². The van der Waals surface area contributed by atoms with E-state index in [1.165, 1.54) is 0 Å². The molecule has 3 N–H and O–H groups in total. The van der Waals surface area contributed by atoms with Crippen molar-refractivity contribution in [1.29, 1.82) is 0 Å². The van der Waals surface area contributed by atoms with E-state index in [9.17, 15) is 4.79 Å². The first-order valence-corrected chi connectivity index (χ1v) is 6.23. The minimum absolute atomic E-state index is 0. The molecule has 1 fully saturated rings. The van der Waals surface area contributed by atoms with Crippen LogP contribution in [0.3, 0.4) is 0 Å². The van der Waals surface area contributed by atoms with Gasteiger partial charge < -0.3 is 11.1 Å². The van der Waals surface area contributed by atoms with Crippen molar-refractivity contribution in [1.82, 2.24) is 10.2 Å². The van der Waals surface area contributed by atoms with Crippen molar-refractivity contribution in [3.05, 3.63) is 0 Å². The molecule has 1 aliphatic rings. The predicted octanol–water partition coefficient (Wildman–Crippen LogP) is 1.14. The molecule has 1 amide bonds. The van der Waals surface area contributed by atoms with Gasteiger partial charge in [-0.2, -0.15) is 0 Å². The van der Waals surface area contributed by atoms with Crippen LogP contribution in [0.15, 0.2) is 0 Å². The zero-order valence-corrected chi connectivity index (χ0v) is 12.0. The van der Waals surface area contributed by atoms with Crippen LogP contribution < -0.4 is 11.1 Å². The standard InChI is InChI=1S/C12H25N3O.ClH/c1-4-12(2,3)14-11(16)9-15-7-5-6-10(15)8-13;/h10H,4-9,13H2,1-3H3,(H,14,16);1H. The van der Waals surface area contributed by atoms with Crippen molar-refractivity contribution >= 4 is 18.3 Å². The SMILES string of the molecule is CCC(C)(C)NC(=O)CN1CCCC1CN.Cl. The van der Waals surface area contributed by atoms with E-state index in [0.29, 0.717) is 19.1 Å². The van der Waals surface area contributed by atoms with Crippen molar-refractivity contribution < 1.29 is 4.79 Å². The Morgan fingerprint density at radius 3 is 2.71 bits per heavy atom. The summed E-state index contributed by atoms with van der Waals surface area (Å²) < 4.78 is 0. The molecule has 1 atom stereocenters. The Balaban J connectivity index is 0.00000256. The maximum Gasteiger partial charge on any atom is 0.234 e. The molecular weight excluding hydrogens is 238 g/mol. The summed E-state index contributed by atoms with van der Waals surface area (Å²) in [6.45, 7) is 8.33. The summed E-state index contributed by atoms with van der Waals surface area (Å²) in [5.41, 5.74) is 5.58. The summed E-state index contributed by atoms with van der Waals surface area (Å²) in [5, 5.41) is 3.06. The Morgan fingerprint density at radius 1 is 1.53 bits per heavy atom. The lowest BCUT2D eigenvalue weighted by Crippen LogP contribution is -2.49. The van der Waals surface area contributed by atoms with E-state index in [-0.39, 0.29) is 23.9 Å². The highest BCUT2D eigenvalue weighted by Gasteiger charge is 2.26. The van der Waals surface area contributed by atoms with E-state index in [4.69, 9.17) is 5.73 Å². The largest absolute Gasteiger partial charge is 0.350 e. The van der Waals surface area contributed by atoms with Gasteiger partial charge in [-0.05, 0) is 39.7 Å². The number of rotatable bonds is 5. The van der Waals surface area contributed by atoms with Crippen LogP contribution in [0.1, 0.15) is 40.0 Å². The first-order chi connectivity index (χ1) is 7.48. The van der Waals surface area contributed by atoms with Gasteiger partial charge in [0, 0.05) is 18.1 Å². The van der Waals surface area contributed by atoms with Gasteiger partial charge in [-0.3, -0.25) is 9.69 Å². The van der Waals surface area contributed by atoms with E-state index < -0.39 is 0 Å². The Hall–Kier alpha value is -0.320. The third kappa shape index (κ3) is 5.23. The smallest absolute Gasteiger partial charge is 0.234 e. The highest BCUT2D eigenvalue weighted by atomic mass is 35.5. The summed E-state index contributed by atoms with van der Waals surface area (Å²) in [6, 6.07) is 0.399. The van der Waals surface area contributed by atoms with E-state index in [1.807, 2.05) is 0 Å². The second kappa shape index (κ2) is 7.19. The first-order valence-electron chi connectivity index (χ1n) is 6.23. The van der Waals surface area contributed by atoms with Crippen LogP contribution in [0.4, 0.5) is 0 Å². The number of amides is 1. The fourth-order valence-electron chi connectivity index (χ4n) is 2.06. The molecule has 0 saturated carbocycles. The molecule has 5 heteroatoms. The lowest BCUT2D eigenvalue weighted by molar-refractivity contribution is -0.124. The summed E-state index contributed by atoms with van der Waals surface area (Å²) in [4.78, 5) is 14.0. The minimum atomic E-state index is -0.102. The molecule has 0 aliphatic carbocycles. The Labute approximate surface area is 111 Å². The van der Waals surface area contributed by atoms with Gasteiger partial charge in [-0.1, -0.05) is 6.92 Å². The summed E-state index contributed by atoms with van der Waals surface area (Å²) in [7, 11) is 0. The third-order valence-corrected chi connectivity index (χ3v) is 3.48. The maximum atomic E-state index is 11.8. The van der Waals surface area contributed by atoms with Crippen LogP contribution in [0.5, 0.6) is 0 Å². The number of nitrogens with one attached hydrogen (secondary N) is 1. The average molecular weight is 264 g/mol. The molecule has 0 aromatic rings. The van der Waals surface area contributed by atoms with Crippen molar-refractivity contribution in [3.8, 4) is 0 Å². The third-order valence-electron chi connectivity index (χ3n) is 3.48. The van der Waals surface area contributed by atoms with E-state index in [2.05, 4.69) is 31.0 Å². The molecule has 0 bridgehead atoms. The quantitative estimate of drug-likeness (QED) is 0.782. The summed E-state index contributed by atoms with van der Waals surface area (Å²) >= 11 is 0. The topological polar surface area (TPSA) is 58.4 Å². The van der Waals surface area contributed by atoms with Crippen LogP contribution >= 0.6 is 12.4 Å². The molecule has 0 aromatic carbocycles. The van der Waals surface area contributed by atoms with Crippen LogP contribution in [0, 0.1) is 0 Å². The molecule has 102 valence electrons. The number of carbonyl (C=O) groups excluding carboxylic acids is 1. The molecule has 0 spiro atoms. The average Bonchev–Trinajstić information content (AvgIpc) is 2.64. The lowest BCUT2D eigenvalue weighted by Gasteiger charge is -2.28. The van der Waals surface area contributed by atoms with Gasteiger partial charge in [0.15, 0.2) is 0 Å². The van der Waals surface area contributed by atoms with E-state index in [0.717, 1.165) is 25.8 Å². The Bertz CT molecular complexity index is 246. The maximum absolute atomic E-state index is 11.8. The number of hydrogen-bond acceptors (Lipinski definition) is 3. The van der Waals surface area contributed by atoms with Crippen molar-refractivity contribution in [3.63, 3.8) is 0 Å². The molecule has 1 rings (SSSR count). The monoisotopic (exact) mass is 263 g/mol.